The Morgan fingerprint density at radius 2 is 1.93 bits per heavy atom. The maximum Gasteiger partial charge on any atom is 0.0883 e. The fourth-order valence-electron chi connectivity index (χ4n) is 1.87. The Hall–Kier alpha value is -0.860. The predicted molar refractivity (Wildman–Crippen MR) is 61.8 cm³/mol. The van der Waals surface area contributed by atoms with E-state index < -0.39 is 0 Å². The average molecular weight is 205 g/mol. The van der Waals surface area contributed by atoms with E-state index in [0.29, 0.717) is 19.1 Å². The molecular formula is C13H19NO. The van der Waals surface area contributed by atoms with Gasteiger partial charge in [-0.1, -0.05) is 38.1 Å². The van der Waals surface area contributed by atoms with Crippen molar-refractivity contribution in [3.63, 3.8) is 0 Å². The minimum atomic E-state index is -0.228. The van der Waals surface area contributed by atoms with Crippen molar-refractivity contribution < 1.29 is 4.74 Å². The smallest absolute Gasteiger partial charge is 0.0883 e. The Balaban J connectivity index is 2.17. The molecule has 0 amide bonds. The summed E-state index contributed by atoms with van der Waals surface area (Å²) in [4.78, 5) is 0. The lowest BCUT2D eigenvalue weighted by Gasteiger charge is -2.38. The fraction of sp³-hybridized carbons (Fsp3) is 0.538. The molecule has 0 spiro atoms. The van der Waals surface area contributed by atoms with Crippen LogP contribution in [0.25, 0.3) is 0 Å². The minimum Gasteiger partial charge on any atom is -0.377 e. The van der Waals surface area contributed by atoms with Gasteiger partial charge in [-0.2, -0.15) is 0 Å². The van der Waals surface area contributed by atoms with Gasteiger partial charge >= 0.3 is 0 Å². The number of rotatable bonds is 3. The van der Waals surface area contributed by atoms with Gasteiger partial charge in [0.25, 0.3) is 0 Å². The van der Waals surface area contributed by atoms with Crippen LogP contribution in [0.5, 0.6) is 0 Å². The van der Waals surface area contributed by atoms with Crippen LogP contribution < -0.4 is 5.73 Å². The van der Waals surface area contributed by atoms with E-state index in [4.69, 9.17) is 10.5 Å². The van der Waals surface area contributed by atoms with Crippen LogP contribution in [0.15, 0.2) is 24.3 Å². The van der Waals surface area contributed by atoms with E-state index in [1.807, 2.05) is 0 Å². The maximum absolute atomic E-state index is 6.16. The molecule has 1 aromatic carbocycles. The summed E-state index contributed by atoms with van der Waals surface area (Å²) in [5.74, 6) is 0.630. The lowest BCUT2D eigenvalue weighted by atomic mass is 9.87. The molecule has 1 unspecified atom stereocenters. The maximum atomic E-state index is 6.16. The molecule has 1 aliphatic heterocycles. The highest BCUT2D eigenvalue weighted by atomic mass is 16.5. The number of ether oxygens (including phenoxy) is 1. The highest BCUT2D eigenvalue weighted by Gasteiger charge is 2.35. The van der Waals surface area contributed by atoms with Crippen LogP contribution in [-0.2, 0) is 10.3 Å². The summed E-state index contributed by atoms with van der Waals surface area (Å²) >= 11 is 0. The molecule has 2 rings (SSSR count). The van der Waals surface area contributed by atoms with Crippen LogP contribution in [0, 0.1) is 0 Å². The van der Waals surface area contributed by atoms with Gasteiger partial charge in [0.15, 0.2) is 0 Å². The molecule has 2 nitrogen and oxygen atoms in total. The third-order valence-corrected chi connectivity index (χ3v) is 3.39. The summed E-state index contributed by atoms with van der Waals surface area (Å²) < 4.78 is 5.17. The third-order valence-electron chi connectivity index (χ3n) is 3.39. The molecule has 1 atom stereocenters. The van der Waals surface area contributed by atoms with Gasteiger partial charge in [-0.25, -0.2) is 0 Å². The van der Waals surface area contributed by atoms with Crippen molar-refractivity contribution in [3.05, 3.63) is 35.4 Å². The Morgan fingerprint density at radius 3 is 2.33 bits per heavy atom. The van der Waals surface area contributed by atoms with Gasteiger partial charge in [0.05, 0.1) is 18.8 Å². The summed E-state index contributed by atoms with van der Waals surface area (Å²) in [7, 11) is 0. The van der Waals surface area contributed by atoms with Crippen LogP contribution in [0.1, 0.15) is 37.3 Å². The van der Waals surface area contributed by atoms with E-state index in [2.05, 4.69) is 38.1 Å². The van der Waals surface area contributed by atoms with Gasteiger partial charge in [0.1, 0.15) is 0 Å². The van der Waals surface area contributed by atoms with E-state index >= 15 is 0 Å². The van der Waals surface area contributed by atoms with E-state index in [0.717, 1.165) is 0 Å². The van der Waals surface area contributed by atoms with E-state index in [1.165, 1.54) is 17.5 Å². The zero-order valence-corrected chi connectivity index (χ0v) is 9.49. The lowest BCUT2D eigenvalue weighted by Crippen LogP contribution is -2.54. The second kappa shape index (κ2) is 3.95. The first-order chi connectivity index (χ1) is 7.15. The van der Waals surface area contributed by atoms with Crippen molar-refractivity contribution >= 4 is 0 Å². The summed E-state index contributed by atoms with van der Waals surface area (Å²) in [6, 6.07) is 8.67. The molecule has 1 saturated heterocycles. The molecule has 1 aliphatic rings. The van der Waals surface area contributed by atoms with Gasteiger partial charge in [-0.15, -0.1) is 0 Å². The van der Waals surface area contributed by atoms with Gasteiger partial charge in [-0.05, 0) is 23.5 Å². The third kappa shape index (κ3) is 1.92. The molecule has 1 aromatic rings. The Morgan fingerprint density at radius 1 is 1.33 bits per heavy atom. The highest BCUT2D eigenvalue weighted by molar-refractivity contribution is 5.31. The van der Waals surface area contributed by atoms with Crippen molar-refractivity contribution in [2.45, 2.75) is 31.7 Å². The zero-order valence-electron chi connectivity index (χ0n) is 9.49. The summed E-state index contributed by atoms with van der Waals surface area (Å²) in [6.45, 7) is 5.76. The van der Waals surface area contributed by atoms with Crippen LogP contribution in [-0.4, -0.2) is 13.2 Å². The van der Waals surface area contributed by atoms with Crippen molar-refractivity contribution in [1.82, 2.24) is 0 Å². The van der Waals surface area contributed by atoms with E-state index in [9.17, 15) is 0 Å². The summed E-state index contributed by atoms with van der Waals surface area (Å²) in [5.41, 5.74) is 8.52. The lowest BCUT2D eigenvalue weighted by molar-refractivity contribution is -0.0569. The van der Waals surface area contributed by atoms with Crippen molar-refractivity contribution in [1.29, 1.82) is 0 Å². The SMILES string of the molecule is CCC(C)c1ccc(C2(N)COC2)cc1. The fourth-order valence-corrected chi connectivity index (χ4v) is 1.87. The average Bonchev–Trinajstić information content (AvgIpc) is 2.25. The van der Waals surface area contributed by atoms with Gasteiger partial charge < -0.3 is 10.5 Å². The molecule has 0 radical (unpaired) electrons. The van der Waals surface area contributed by atoms with Crippen LogP contribution in [0.4, 0.5) is 0 Å². The van der Waals surface area contributed by atoms with Crippen LogP contribution in [0.3, 0.4) is 0 Å². The zero-order chi connectivity index (χ0) is 10.9. The molecule has 2 heteroatoms. The summed E-state index contributed by atoms with van der Waals surface area (Å²) in [6.07, 6.45) is 1.18. The van der Waals surface area contributed by atoms with Crippen LogP contribution >= 0.6 is 0 Å². The largest absolute Gasteiger partial charge is 0.377 e. The van der Waals surface area contributed by atoms with Gasteiger partial charge in [0.2, 0.25) is 0 Å². The van der Waals surface area contributed by atoms with Crippen molar-refractivity contribution in [3.8, 4) is 0 Å². The monoisotopic (exact) mass is 205 g/mol. The molecular weight excluding hydrogens is 186 g/mol. The van der Waals surface area contributed by atoms with Gasteiger partial charge in [-0.3, -0.25) is 0 Å². The second-order valence-electron chi connectivity index (χ2n) is 4.58. The van der Waals surface area contributed by atoms with E-state index in [1.54, 1.807) is 0 Å². The predicted octanol–water partition coefficient (Wildman–Crippen LogP) is 2.38. The molecule has 1 fully saturated rings. The van der Waals surface area contributed by atoms with Crippen molar-refractivity contribution in [2.24, 2.45) is 5.73 Å². The number of nitrogens with two attached hydrogens (primary N) is 1. The topological polar surface area (TPSA) is 35.2 Å². The Bertz CT molecular complexity index is 327. The van der Waals surface area contributed by atoms with Crippen LogP contribution in [0.2, 0.25) is 0 Å². The summed E-state index contributed by atoms with van der Waals surface area (Å²) in [5, 5.41) is 0. The Labute approximate surface area is 91.4 Å². The molecule has 0 aromatic heterocycles. The molecule has 15 heavy (non-hydrogen) atoms. The highest BCUT2D eigenvalue weighted by Crippen LogP contribution is 2.28. The second-order valence-corrected chi connectivity index (χ2v) is 4.58. The Kier molecular flexibility index (Phi) is 2.81. The molecule has 0 aliphatic carbocycles. The number of benzene rings is 1. The molecule has 0 bridgehead atoms. The molecule has 1 heterocycles. The van der Waals surface area contributed by atoms with Crippen molar-refractivity contribution in [2.75, 3.05) is 13.2 Å². The number of hydrogen-bond acceptors (Lipinski definition) is 2. The van der Waals surface area contributed by atoms with E-state index in [-0.39, 0.29) is 5.54 Å². The molecule has 0 saturated carbocycles. The van der Waals surface area contributed by atoms with Gasteiger partial charge in [0, 0.05) is 0 Å². The standard InChI is InChI=1S/C13H19NO/c1-3-10(2)11-4-6-12(7-5-11)13(14)8-15-9-13/h4-7,10H,3,8-9,14H2,1-2H3. The molecule has 82 valence electrons. The minimum absolute atomic E-state index is 0.228. The first-order valence-corrected chi connectivity index (χ1v) is 5.63. The molecule has 2 N–H and O–H groups in total. The quantitative estimate of drug-likeness (QED) is 0.822. The first-order valence-electron chi connectivity index (χ1n) is 5.63. The first kappa shape index (κ1) is 10.7. The normalized spacial score (nSPS) is 20.7. The number of hydrogen-bond donors (Lipinski definition) is 1.